The summed E-state index contributed by atoms with van der Waals surface area (Å²) in [4.78, 5) is 19.8. The Kier molecular flexibility index (Phi) is 4.15. The third-order valence-corrected chi connectivity index (χ3v) is 3.25. The molecule has 0 bridgehead atoms. The minimum Gasteiger partial charge on any atom is -0.369 e. The molecule has 1 aromatic heterocycles. The van der Waals surface area contributed by atoms with Crippen molar-refractivity contribution in [1.82, 2.24) is 9.88 Å². The van der Waals surface area contributed by atoms with Crippen LogP contribution in [0.25, 0.3) is 0 Å². The van der Waals surface area contributed by atoms with E-state index in [-0.39, 0.29) is 5.91 Å². The van der Waals surface area contributed by atoms with E-state index < -0.39 is 0 Å². The van der Waals surface area contributed by atoms with Gasteiger partial charge in [0.05, 0.1) is 6.54 Å². The molecule has 0 radical (unpaired) electrons. The van der Waals surface area contributed by atoms with E-state index in [4.69, 9.17) is 5.73 Å². The van der Waals surface area contributed by atoms with Crippen molar-refractivity contribution in [2.24, 2.45) is 5.73 Å². The van der Waals surface area contributed by atoms with Crippen LogP contribution < -0.4 is 10.6 Å². The monoisotopic (exact) mass is 248 g/mol. The van der Waals surface area contributed by atoms with Crippen molar-refractivity contribution in [2.75, 3.05) is 37.6 Å². The van der Waals surface area contributed by atoms with Gasteiger partial charge in [0.25, 0.3) is 0 Å². The highest BCUT2D eigenvalue weighted by Gasteiger charge is 2.17. The molecule has 2 N–H and O–H groups in total. The lowest BCUT2D eigenvalue weighted by molar-refractivity contribution is -0.119. The first-order valence-electron chi connectivity index (χ1n) is 6.34. The van der Waals surface area contributed by atoms with E-state index >= 15 is 0 Å². The van der Waals surface area contributed by atoms with Crippen LogP contribution in [0.2, 0.25) is 0 Å². The molecule has 2 heterocycles. The third kappa shape index (κ3) is 3.20. The molecule has 0 atom stereocenters. The minimum atomic E-state index is -0.252. The Bertz CT molecular complexity index is 421. The predicted octanol–water partition coefficient (Wildman–Crippen LogP) is 0.387. The molecular weight excluding hydrogens is 228 g/mol. The van der Waals surface area contributed by atoms with E-state index in [2.05, 4.69) is 27.8 Å². The van der Waals surface area contributed by atoms with Crippen LogP contribution in [0.5, 0.6) is 0 Å². The average molecular weight is 248 g/mol. The van der Waals surface area contributed by atoms with Gasteiger partial charge in [0.2, 0.25) is 5.91 Å². The van der Waals surface area contributed by atoms with Crippen LogP contribution in [-0.2, 0) is 4.79 Å². The Hall–Kier alpha value is -1.62. The topological polar surface area (TPSA) is 62.5 Å². The summed E-state index contributed by atoms with van der Waals surface area (Å²) in [6.07, 6.45) is 2.86. The fourth-order valence-corrected chi connectivity index (χ4v) is 2.37. The van der Waals surface area contributed by atoms with Gasteiger partial charge in [-0.15, -0.1) is 0 Å². The number of nitrogens with two attached hydrogens (primary N) is 1. The molecule has 0 spiro atoms. The summed E-state index contributed by atoms with van der Waals surface area (Å²) in [5.74, 6) is 0.802. The molecule has 1 aliphatic heterocycles. The summed E-state index contributed by atoms with van der Waals surface area (Å²) in [5.41, 5.74) is 6.43. The van der Waals surface area contributed by atoms with Crippen LogP contribution in [0.4, 0.5) is 5.82 Å². The second kappa shape index (κ2) is 5.82. The standard InChI is InChI=1S/C13H20N4O/c1-11-4-2-5-15-13(11)17-7-3-6-16(8-9-17)10-12(14)18/h2,4-5H,3,6-10H2,1H3,(H2,14,18). The van der Waals surface area contributed by atoms with Crippen molar-refractivity contribution >= 4 is 11.7 Å². The third-order valence-electron chi connectivity index (χ3n) is 3.25. The highest BCUT2D eigenvalue weighted by molar-refractivity contribution is 5.75. The summed E-state index contributed by atoms with van der Waals surface area (Å²) in [6.45, 7) is 6.09. The number of aryl methyl sites for hydroxylation is 1. The fraction of sp³-hybridized carbons (Fsp3) is 0.538. The van der Waals surface area contributed by atoms with Crippen LogP contribution in [0.1, 0.15) is 12.0 Å². The molecule has 0 aromatic carbocycles. The van der Waals surface area contributed by atoms with Crippen LogP contribution in [0.3, 0.4) is 0 Å². The van der Waals surface area contributed by atoms with Gasteiger partial charge >= 0.3 is 0 Å². The Labute approximate surface area is 108 Å². The quantitative estimate of drug-likeness (QED) is 0.840. The minimum absolute atomic E-state index is 0.252. The van der Waals surface area contributed by atoms with E-state index in [9.17, 15) is 4.79 Å². The molecule has 1 fully saturated rings. The Morgan fingerprint density at radius 1 is 1.39 bits per heavy atom. The van der Waals surface area contributed by atoms with Crippen LogP contribution in [0.15, 0.2) is 18.3 Å². The molecule has 5 heteroatoms. The number of carbonyl (C=O) groups excluding carboxylic acids is 1. The number of amides is 1. The largest absolute Gasteiger partial charge is 0.369 e. The van der Waals surface area contributed by atoms with Gasteiger partial charge in [0.15, 0.2) is 0 Å². The first kappa shape index (κ1) is 12.8. The first-order chi connectivity index (χ1) is 8.66. The van der Waals surface area contributed by atoms with E-state index in [1.165, 1.54) is 5.56 Å². The maximum atomic E-state index is 10.9. The molecule has 1 aromatic rings. The van der Waals surface area contributed by atoms with Crippen molar-refractivity contribution in [3.63, 3.8) is 0 Å². The highest BCUT2D eigenvalue weighted by atomic mass is 16.1. The molecule has 1 aliphatic rings. The summed E-state index contributed by atoms with van der Waals surface area (Å²) in [7, 11) is 0. The smallest absolute Gasteiger partial charge is 0.231 e. The fourth-order valence-electron chi connectivity index (χ4n) is 2.37. The number of rotatable bonds is 3. The van der Waals surface area contributed by atoms with E-state index in [1.807, 2.05) is 12.3 Å². The maximum absolute atomic E-state index is 10.9. The van der Waals surface area contributed by atoms with Crippen molar-refractivity contribution in [2.45, 2.75) is 13.3 Å². The van der Waals surface area contributed by atoms with Crippen molar-refractivity contribution in [1.29, 1.82) is 0 Å². The number of hydrogen-bond donors (Lipinski definition) is 1. The second-order valence-corrected chi connectivity index (χ2v) is 4.73. The Morgan fingerprint density at radius 3 is 2.94 bits per heavy atom. The lowest BCUT2D eigenvalue weighted by Gasteiger charge is -2.23. The molecule has 18 heavy (non-hydrogen) atoms. The molecule has 0 saturated carbocycles. The zero-order valence-corrected chi connectivity index (χ0v) is 10.8. The van der Waals surface area contributed by atoms with Gasteiger partial charge in [-0.1, -0.05) is 6.07 Å². The van der Waals surface area contributed by atoms with Crippen molar-refractivity contribution < 1.29 is 4.79 Å². The van der Waals surface area contributed by atoms with Gasteiger partial charge in [-0.3, -0.25) is 9.69 Å². The summed E-state index contributed by atoms with van der Waals surface area (Å²) >= 11 is 0. The first-order valence-corrected chi connectivity index (χ1v) is 6.34. The lowest BCUT2D eigenvalue weighted by atomic mass is 10.2. The van der Waals surface area contributed by atoms with Gasteiger partial charge < -0.3 is 10.6 Å². The number of aromatic nitrogens is 1. The molecule has 0 aliphatic carbocycles. The summed E-state index contributed by atoms with van der Waals surface area (Å²) in [5, 5.41) is 0. The number of primary amides is 1. The van der Waals surface area contributed by atoms with E-state index in [1.54, 1.807) is 0 Å². The molecule has 5 nitrogen and oxygen atoms in total. The molecule has 98 valence electrons. The second-order valence-electron chi connectivity index (χ2n) is 4.73. The summed E-state index contributed by atoms with van der Waals surface area (Å²) < 4.78 is 0. The normalized spacial score (nSPS) is 17.5. The van der Waals surface area contributed by atoms with Crippen molar-refractivity contribution in [3.05, 3.63) is 23.9 Å². The number of pyridine rings is 1. The molecule has 1 saturated heterocycles. The summed E-state index contributed by atoms with van der Waals surface area (Å²) in [6, 6.07) is 4.03. The van der Waals surface area contributed by atoms with Crippen LogP contribution >= 0.6 is 0 Å². The van der Waals surface area contributed by atoms with Crippen LogP contribution in [0, 0.1) is 6.92 Å². The molecule has 0 unspecified atom stereocenters. The van der Waals surface area contributed by atoms with Gasteiger partial charge in [0.1, 0.15) is 5.82 Å². The van der Waals surface area contributed by atoms with Crippen LogP contribution in [-0.4, -0.2) is 48.5 Å². The number of nitrogens with zero attached hydrogens (tertiary/aromatic N) is 3. The van der Waals surface area contributed by atoms with Gasteiger partial charge in [-0.2, -0.15) is 0 Å². The zero-order chi connectivity index (χ0) is 13.0. The van der Waals surface area contributed by atoms with Crippen molar-refractivity contribution in [3.8, 4) is 0 Å². The lowest BCUT2D eigenvalue weighted by Crippen LogP contribution is -2.37. The van der Waals surface area contributed by atoms with E-state index in [0.29, 0.717) is 6.54 Å². The molecular formula is C13H20N4O. The Balaban J connectivity index is 2.01. The number of hydrogen-bond acceptors (Lipinski definition) is 4. The van der Waals surface area contributed by atoms with Gasteiger partial charge in [-0.25, -0.2) is 4.98 Å². The number of carbonyl (C=O) groups is 1. The molecule has 1 amide bonds. The van der Waals surface area contributed by atoms with E-state index in [0.717, 1.165) is 38.4 Å². The average Bonchev–Trinajstić information content (AvgIpc) is 2.55. The Morgan fingerprint density at radius 2 is 2.22 bits per heavy atom. The van der Waals surface area contributed by atoms with Gasteiger partial charge in [-0.05, 0) is 25.0 Å². The zero-order valence-electron chi connectivity index (χ0n) is 10.8. The maximum Gasteiger partial charge on any atom is 0.231 e. The predicted molar refractivity (Wildman–Crippen MR) is 71.4 cm³/mol. The molecule has 2 rings (SSSR count). The number of anilines is 1. The van der Waals surface area contributed by atoms with Gasteiger partial charge in [0, 0.05) is 32.4 Å². The highest BCUT2D eigenvalue weighted by Crippen LogP contribution is 2.17. The SMILES string of the molecule is Cc1cccnc1N1CCCN(CC(N)=O)CC1.